The number of halogens is 1. The Morgan fingerprint density at radius 1 is 1.59 bits per heavy atom. The number of ether oxygens (including phenoxy) is 1. The molecule has 1 N–H and O–H groups in total. The van der Waals surface area contributed by atoms with Gasteiger partial charge in [0.15, 0.2) is 6.10 Å². The Labute approximate surface area is 109 Å². The van der Waals surface area contributed by atoms with Crippen LogP contribution in [0.3, 0.4) is 0 Å². The van der Waals surface area contributed by atoms with Crippen LogP contribution in [0.1, 0.15) is 5.56 Å². The smallest absolute Gasteiger partial charge is 0.161 e. The van der Waals surface area contributed by atoms with Crippen LogP contribution in [0.2, 0.25) is 0 Å². The molecular weight excluding hydrogens is 284 g/mol. The van der Waals surface area contributed by atoms with Gasteiger partial charge in [-0.1, -0.05) is 15.9 Å². The fourth-order valence-electron chi connectivity index (χ4n) is 1.94. The highest BCUT2D eigenvalue weighted by Crippen LogP contribution is 2.26. The molecule has 1 aliphatic heterocycles. The fourth-order valence-corrected chi connectivity index (χ4v) is 2.34. The summed E-state index contributed by atoms with van der Waals surface area (Å²) in [4.78, 5) is 2.08. The zero-order chi connectivity index (χ0) is 12.3. The quantitative estimate of drug-likeness (QED) is 0.902. The van der Waals surface area contributed by atoms with Crippen LogP contribution in [0.5, 0.6) is 0 Å². The topological polar surface area (TPSA) is 56.5 Å². The van der Waals surface area contributed by atoms with Crippen LogP contribution in [0.4, 0.5) is 5.69 Å². The average Bonchev–Trinajstić information content (AvgIpc) is 2.38. The molecule has 1 atom stereocenters. The third-order valence-electron chi connectivity index (χ3n) is 2.76. The molecule has 1 aliphatic rings. The highest BCUT2D eigenvalue weighted by atomic mass is 79.9. The Balaban J connectivity index is 2.24. The monoisotopic (exact) mass is 296 g/mol. The molecule has 1 aromatic rings. The van der Waals surface area contributed by atoms with Crippen LogP contribution in [-0.2, 0) is 11.3 Å². The van der Waals surface area contributed by atoms with Gasteiger partial charge in [0, 0.05) is 22.3 Å². The van der Waals surface area contributed by atoms with Crippen LogP contribution >= 0.6 is 15.9 Å². The summed E-state index contributed by atoms with van der Waals surface area (Å²) in [6.07, 6.45) is -0.390. The minimum atomic E-state index is -0.390. The Bertz CT molecular complexity index is 445. The third kappa shape index (κ3) is 2.78. The van der Waals surface area contributed by atoms with E-state index in [4.69, 9.17) is 10.00 Å². The molecule has 0 radical (unpaired) electrons. The summed E-state index contributed by atoms with van der Waals surface area (Å²) in [5, 5.41) is 18.2. The number of rotatable bonds is 2. The first-order valence-corrected chi connectivity index (χ1v) is 6.19. The van der Waals surface area contributed by atoms with E-state index in [0.29, 0.717) is 13.2 Å². The van der Waals surface area contributed by atoms with E-state index in [0.717, 1.165) is 22.3 Å². The normalized spacial score (nSPS) is 20.1. The lowest BCUT2D eigenvalue weighted by Crippen LogP contribution is -2.42. The van der Waals surface area contributed by atoms with Gasteiger partial charge in [0.1, 0.15) is 0 Å². The van der Waals surface area contributed by atoms with Gasteiger partial charge in [0.05, 0.1) is 25.8 Å². The molecule has 1 fully saturated rings. The Morgan fingerprint density at radius 2 is 2.41 bits per heavy atom. The molecule has 2 rings (SSSR count). The van der Waals surface area contributed by atoms with E-state index in [1.807, 2.05) is 18.2 Å². The van der Waals surface area contributed by atoms with Gasteiger partial charge in [-0.05, 0) is 18.2 Å². The Hall–Kier alpha value is -1.09. The first kappa shape index (κ1) is 12.4. The first-order valence-electron chi connectivity index (χ1n) is 5.40. The van der Waals surface area contributed by atoms with E-state index in [1.165, 1.54) is 0 Å². The summed E-state index contributed by atoms with van der Waals surface area (Å²) in [5.41, 5.74) is 1.83. The summed E-state index contributed by atoms with van der Waals surface area (Å²) >= 11 is 3.38. The lowest BCUT2D eigenvalue weighted by Gasteiger charge is -2.32. The van der Waals surface area contributed by atoms with E-state index in [9.17, 15) is 5.11 Å². The first-order chi connectivity index (χ1) is 8.24. The molecule has 1 heterocycles. The maximum Gasteiger partial charge on any atom is 0.161 e. The molecule has 0 bridgehead atoms. The standard InChI is InChI=1S/C12H13BrN2O2/c13-10-1-2-12(9(5-10)8-16)15-3-4-17-11(6-14)7-15/h1-2,5,11,16H,3-4,7-8H2. The molecule has 1 saturated heterocycles. The number of hydrogen-bond donors (Lipinski definition) is 1. The summed E-state index contributed by atoms with van der Waals surface area (Å²) < 4.78 is 6.24. The summed E-state index contributed by atoms with van der Waals surface area (Å²) in [6, 6.07) is 7.90. The number of nitrogens with zero attached hydrogens (tertiary/aromatic N) is 2. The van der Waals surface area contributed by atoms with Gasteiger partial charge in [0.2, 0.25) is 0 Å². The molecule has 0 amide bonds. The van der Waals surface area contributed by atoms with E-state index in [2.05, 4.69) is 26.9 Å². The summed E-state index contributed by atoms with van der Waals surface area (Å²) in [5.74, 6) is 0. The predicted molar refractivity (Wildman–Crippen MR) is 67.6 cm³/mol. The highest BCUT2D eigenvalue weighted by Gasteiger charge is 2.21. The second kappa shape index (κ2) is 5.50. The Morgan fingerprint density at radius 3 is 3.12 bits per heavy atom. The van der Waals surface area contributed by atoms with Gasteiger partial charge >= 0.3 is 0 Å². The van der Waals surface area contributed by atoms with Crippen LogP contribution in [0.25, 0.3) is 0 Å². The van der Waals surface area contributed by atoms with Crippen molar-refractivity contribution in [3.63, 3.8) is 0 Å². The van der Waals surface area contributed by atoms with E-state index in [1.54, 1.807) is 0 Å². The molecule has 17 heavy (non-hydrogen) atoms. The lowest BCUT2D eigenvalue weighted by molar-refractivity contribution is 0.0763. The number of hydrogen-bond acceptors (Lipinski definition) is 4. The van der Waals surface area contributed by atoms with Gasteiger partial charge in [0.25, 0.3) is 0 Å². The number of aliphatic hydroxyl groups excluding tert-OH is 1. The zero-order valence-electron chi connectivity index (χ0n) is 9.27. The van der Waals surface area contributed by atoms with Crippen molar-refractivity contribution in [1.29, 1.82) is 5.26 Å². The number of nitriles is 1. The largest absolute Gasteiger partial charge is 0.392 e. The molecule has 0 saturated carbocycles. The van der Waals surface area contributed by atoms with Gasteiger partial charge < -0.3 is 14.7 Å². The van der Waals surface area contributed by atoms with Gasteiger partial charge in [-0.2, -0.15) is 5.26 Å². The van der Waals surface area contributed by atoms with Crippen molar-refractivity contribution >= 4 is 21.6 Å². The molecule has 0 spiro atoms. The SMILES string of the molecule is N#CC1CN(c2ccc(Br)cc2CO)CCO1. The highest BCUT2D eigenvalue weighted by molar-refractivity contribution is 9.10. The molecule has 90 valence electrons. The maximum atomic E-state index is 9.35. The average molecular weight is 297 g/mol. The van der Waals surface area contributed by atoms with E-state index >= 15 is 0 Å². The third-order valence-corrected chi connectivity index (χ3v) is 3.26. The van der Waals surface area contributed by atoms with Crippen molar-refractivity contribution in [1.82, 2.24) is 0 Å². The molecule has 0 aromatic heterocycles. The zero-order valence-corrected chi connectivity index (χ0v) is 10.9. The number of anilines is 1. The fraction of sp³-hybridized carbons (Fsp3) is 0.417. The summed E-state index contributed by atoms with van der Waals surface area (Å²) in [6.45, 7) is 1.82. The van der Waals surface area contributed by atoms with E-state index < -0.39 is 0 Å². The lowest BCUT2D eigenvalue weighted by atomic mass is 10.1. The summed E-state index contributed by atoms with van der Waals surface area (Å²) in [7, 11) is 0. The van der Waals surface area contributed by atoms with E-state index in [-0.39, 0.29) is 12.7 Å². The van der Waals surface area contributed by atoms with Crippen molar-refractivity contribution < 1.29 is 9.84 Å². The van der Waals surface area contributed by atoms with Gasteiger partial charge in [-0.15, -0.1) is 0 Å². The van der Waals surface area contributed by atoms with Crippen molar-refractivity contribution in [2.45, 2.75) is 12.7 Å². The van der Waals surface area contributed by atoms with Crippen LogP contribution in [0.15, 0.2) is 22.7 Å². The van der Waals surface area contributed by atoms with Crippen molar-refractivity contribution in [3.05, 3.63) is 28.2 Å². The minimum Gasteiger partial charge on any atom is -0.392 e. The maximum absolute atomic E-state index is 9.35. The number of morpholine rings is 1. The van der Waals surface area contributed by atoms with Crippen molar-refractivity contribution in [2.75, 3.05) is 24.6 Å². The molecule has 4 nitrogen and oxygen atoms in total. The van der Waals surface area contributed by atoms with Crippen LogP contribution < -0.4 is 4.90 Å². The number of benzene rings is 1. The predicted octanol–water partition coefficient (Wildman–Crippen LogP) is 1.67. The molecule has 5 heteroatoms. The van der Waals surface area contributed by atoms with Crippen molar-refractivity contribution in [2.24, 2.45) is 0 Å². The molecule has 0 aliphatic carbocycles. The second-order valence-electron chi connectivity index (χ2n) is 3.87. The second-order valence-corrected chi connectivity index (χ2v) is 4.78. The van der Waals surface area contributed by atoms with Crippen LogP contribution in [-0.4, -0.2) is 30.9 Å². The minimum absolute atomic E-state index is 0.0106. The van der Waals surface area contributed by atoms with Crippen LogP contribution in [0, 0.1) is 11.3 Å². The van der Waals surface area contributed by atoms with Crippen molar-refractivity contribution in [3.8, 4) is 6.07 Å². The van der Waals surface area contributed by atoms with Gasteiger partial charge in [-0.3, -0.25) is 0 Å². The Kier molecular flexibility index (Phi) is 4.00. The molecular formula is C12H13BrN2O2. The number of aliphatic hydroxyl groups is 1. The molecule has 1 unspecified atom stereocenters. The molecule has 1 aromatic carbocycles. The van der Waals surface area contributed by atoms with Gasteiger partial charge in [-0.25, -0.2) is 0 Å².